The van der Waals surface area contributed by atoms with E-state index in [1.807, 2.05) is 42.1 Å². The second-order valence-corrected chi connectivity index (χ2v) is 5.38. The van der Waals surface area contributed by atoms with Gasteiger partial charge in [0.25, 0.3) is 5.91 Å². The van der Waals surface area contributed by atoms with Gasteiger partial charge < -0.3 is 14.6 Å². The molecule has 0 aliphatic rings. The molecule has 3 rings (SSSR count). The van der Waals surface area contributed by atoms with Crippen LogP contribution in [0.1, 0.15) is 10.4 Å². The zero-order valence-electron chi connectivity index (χ0n) is 12.3. The van der Waals surface area contributed by atoms with Crippen LogP contribution in [0.15, 0.2) is 48.7 Å². The zero-order chi connectivity index (χ0) is 15.7. The molecule has 2 aromatic carbocycles. The van der Waals surface area contributed by atoms with Gasteiger partial charge in [0.2, 0.25) is 0 Å². The number of anilines is 1. The molecule has 1 heterocycles. The number of hydrogen-bond donors (Lipinski definition) is 1. The van der Waals surface area contributed by atoms with Crippen molar-refractivity contribution in [2.24, 2.45) is 7.05 Å². The van der Waals surface area contributed by atoms with E-state index in [0.29, 0.717) is 22.0 Å². The van der Waals surface area contributed by atoms with Gasteiger partial charge in [0.05, 0.1) is 23.2 Å². The lowest BCUT2D eigenvalue weighted by Crippen LogP contribution is -2.13. The molecule has 1 N–H and O–H groups in total. The van der Waals surface area contributed by atoms with Crippen molar-refractivity contribution in [2.45, 2.75) is 0 Å². The number of benzene rings is 2. The Labute approximate surface area is 133 Å². The van der Waals surface area contributed by atoms with E-state index in [9.17, 15) is 4.79 Å². The molecule has 4 nitrogen and oxygen atoms in total. The predicted molar refractivity (Wildman–Crippen MR) is 88.9 cm³/mol. The lowest BCUT2D eigenvalue weighted by Gasteiger charge is -2.09. The molecule has 112 valence electrons. The first-order valence-electron chi connectivity index (χ1n) is 6.79. The minimum Gasteiger partial charge on any atom is -0.495 e. The molecule has 0 spiro atoms. The number of amides is 1. The molecule has 0 aliphatic carbocycles. The highest BCUT2D eigenvalue weighted by Gasteiger charge is 2.13. The maximum absolute atomic E-state index is 12.5. The third kappa shape index (κ3) is 2.53. The summed E-state index contributed by atoms with van der Waals surface area (Å²) in [5, 5.41) is 4.35. The van der Waals surface area contributed by atoms with Gasteiger partial charge in [-0.3, -0.25) is 4.79 Å². The number of nitrogens with zero attached hydrogens (tertiary/aromatic N) is 1. The number of aromatic nitrogens is 1. The van der Waals surface area contributed by atoms with Crippen molar-refractivity contribution in [2.75, 3.05) is 12.4 Å². The largest absolute Gasteiger partial charge is 0.495 e. The third-order valence-electron chi connectivity index (χ3n) is 3.55. The summed E-state index contributed by atoms with van der Waals surface area (Å²) in [6, 6.07) is 12.8. The highest BCUT2D eigenvalue weighted by molar-refractivity contribution is 6.32. The van der Waals surface area contributed by atoms with Gasteiger partial charge in [-0.2, -0.15) is 0 Å². The van der Waals surface area contributed by atoms with Gasteiger partial charge in [0.1, 0.15) is 5.75 Å². The molecular weight excluding hydrogens is 300 g/mol. The lowest BCUT2D eigenvalue weighted by molar-refractivity contribution is 0.102. The van der Waals surface area contributed by atoms with Crippen LogP contribution >= 0.6 is 11.6 Å². The number of aryl methyl sites for hydroxylation is 1. The van der Waals surface area contributed by atoms with Crippen LogP contribution in [0.2, 0.25) is 5.02 Å². The number of carbonyl (C=O) groups excluding carboxylic acids is 1. The Morgan fingerprint density at radius 1 is 1.23 bits per heavy atom. The maximum Gasteiger partial charge on any atom is 0.257 e. The van der Waals surface area contributed by atoms with Crippen LogP contribution < -0.4 is 10.1 Å². The summed E-state index contributed by atoms with van der Waals surface area (Å²) >= 11 is 6.08. The molecule has 1 amide bonds. The van der Waals surface area contributed by atoms with Crippen molar-refractivity contribution in [1.82, 2.24) is 4.57 Å². The Morgan fingerprint density at radius 3 is 2.77 bits per heavy atom. The lowest BCUT2D eigenvalue weighted by atomic mass is 10.1. The number of methoxy groups -OCH3 is 1. The molecule has 0 bridgehead atoms. The van der Waals surface area contributed by atoms with E-state index < -0.39 is 0 Å². The molecule has 5 heteroatoms. The fourth-order valence-electron chi connectivity index (χ4n) is 2.48. The van der Waals surface area contributed by atoms with Gasteiger partial charge in [-0.1, -0.05) is 23.7 Å². The van der Waals surface area contributed by atoms with Crippen molar-refractivity contribution in [1.29, 1.82) is 0 Å². The van der Waals surface area contributed by atoms with Gasteiger partial charge in [-0.05, 0) is 30.3 Å². The van der Waals surface area contributed by atoms with Gasteiger partial charge in [-0.15, -0.1) is 0 Å². The summed E-state index contributed by atoms with van der Waals surface area (Å²) in [4.78, 5) is 12.5. The molecule has 0 saturated heterocycles. The van der Waals surface area contributed by atoms with E-state index in [1.54, 1.807) is 25.3 Å². The molecule has 0 unspecified atom stereocenters. The summed E-state index contributed by atoms with van der Waals surface area (Å²) in [5.74, 6) is 0.401. The van der Waals surface area contributed by atoms with Gasteiger partial charge >= 0.3 is 0 Å². The highest BCUT2D eigenvalue weighted by atomic mass is 35.5. The predicted octanol–water partition coefficient (Wildman–Crippen LogP) is 4.09. The standard InChI is InChI=1S/C17H15ClN2O2/c1-20-9-8-11-4-3-5-13(16(11)20)17(21)19-12-6-7-15(22-2)14(18)10-12/h3-10H,1-2H3,(H,19,21). The summed E-state index contributed by atoms with van der Waals surface area (Å²) in [7, 11) is 3.47. The number of ether oxygens (including phenoxy) is 1. The highest BCUT2D eigenvalue weighted by Crippen LogP contribution is 2.28. The molecule has 1 aromatic heterocycles. The normalized spacial score (nSPS) is 10.7. The monoisotopic (exact) mass is 314 g/mol. The molecular formula is C17H15ClN2O2. The van der Waals surface area contributed by atoms with Crippen LogP contribution in [0, 0.1) is 0 Å². The molecule has 0 radical (unpaired) electrons. The van der Waals surface area contributed by atoms with E-state index >= 15 is 0 Å². The van der Waals surface area contributed by atoms with Crippen molar-refractivity contribution >= 4 is 34.1 Å². The number of fused-ring (bicyclic) bond motifs is 1. The number of hydrogen-bond acceptors (Lipinski definition) is 2. The van der Waals surface area contributed by atoms with Crippen molar-refractivity contribution in [3.63, 3.8) is 0 Å². The summed E-state index contributed by atoms with van der Waals surface area (Å²) in [6.07, 6.45) is 1.94. The van der Waals surface area contributed by atoms with Crippen LogP contribution in [-0.2, 0) is 7.05 Å². The number of rotatable bonds is 3. The Balaban J connectivity index is 1.94. The number of halogens is 1. The van der Waals surface area contributed by atoms with Crippen LogP contribution in [0.5, 0.6) is 5.75 Å². The summed E-state index contributed by atoms with van der Waals surface area (Å²) < 4.78 is 7.04. The van der Waals surface area contributed by atoms with E-state index in [1.165, 1.54) is 0 Å². The Morgan fingerprint density at radius 2 is 2.05 bits per heavy atom. The first-order valence-corrected chi connectivity index (χ1v) is 7.17. The van der Waals surface area contributed by atoms with E-state index in [-0.39, 0.29) is 5.91 Å². The SMILES string of the molecule is COc1ccc(NC(=O)c2cccc3ccn(C)c23)cc1Cl. The zero-order valence-corrected chi connectivity index (χ0v) is 13.0. The minimum atomic E-state index is -0.173. The quantitative estimate of drug-likeness (QED) is 0.791. The topological polar surface area (TPSA) is 43.3 Å². The Hall–Kier alpha value is -2.46. The number of carbonyl (C=O) groups is 1. The van der Waals surface area contributed by atoms with Gasteiger partial charge in [0, 0.05) is 24.3 Å². The first kappa shape index (κ1) is 14.5. The van der Waals surface area contributed by atoms with Crippen LogP contribution in [0.4, 0.5) is 5.69 Å². The number of para-hydroxylation sites is 1. The summed E-state index contributed by atoms with van der Waals surface area (Å²) in [6.45, 7) is 0. The first-order chi connectivity index (χ1) is 10.6. The second-order valence-electron chi connectivity index (χ2n) is 4.97. The van der Waals surface area contributed by atoms with E-state index in [4.69, 9.17) is 16.3 Å². The molecule has 0 aliphatic heterocycles. The molecule has 0 saturated carbocycles. The van der Waals surface area contributed by atoms with Crippen LogP contribution in [0.3, 0.4) is 0 Å². The average Bonchev–Trinajstić information content (AvgIpc) is 2.89. The maximum atomic E-state index is 12.5. The smallest absolute Gasteiger partial charge is 0.257 e. The van der Waals surface area contributed by atoms with E-state index in [2.05, 4.69) is 5.32 Å². The van der Waals surface area contributed by atoms with Gasteiger partial charge in [-0.25, -0.2) is 0 Å². The van der Waals surface area contributed by atoms with Crippen molar-refractivity contribution in [3.05, 3.63) is 59.2 Å². The number of nitrogens with one attached hydrogen (secondary N) is 1. The molecule has 0 fully saturated rings. The second kappa shape index (κ2) is 5.73. The van der Waals surface area contributed by atoms with Crippen LogP contribution in [-0.4, -0.2) is 17.6 Å². The fourth-order valence-corrected chi connectivity index (χ4v) is 2.74. The molecule has 3 aromatic rings. The van der Waals surface area contributed by atoms with Crippen molar-refractivity contribution < 1.29 is 9.53 Å². The van der Waals surface area contributed by atoms with Crippen LogP contribution in [0.25, 0.3) is 10.9 Å². The average molecular weight is 315 g/mol. The Bertz CT molecular complexity index is 855. The summed E-state index contributed by atoms with van der Waals surface area (Å²) in [5.41, 5.74) is 2.15. The fraction of sp³-hybridized carbons (Fsp3) is 0.118. The Kier molecular flexibility index (Phi) is 3.77. The van der Waals surface area contributed by atoms with E-state index in [0.717, 1.165) is 10.9 Å². The van der Waals surface area contributed by atoms with Crippen molar-refractivity contribution in [3.8, 4) is 5.75 Å². The molecule has 22 heavy (non-hydrogen) atoms. The molecule has 0 atom stereocenters. The van der Waals surface area contributed by atoms with Gasteiger partial charge in [0.15, 0.2) is 0 Å². The minimum absolute atomic E-state index is 0.173. The third-order valence-corrected chi connectivity index (χ3v) is 3.85.